The van der Waals surface area contributed by atoms with Crippen molar-refractivity contribution in [3.63, 3.8) is 0 Å². The zero-order chi connectivity index (χ0) is 16.6. The number of benzene rings is 3. The number of nitriles is 1. The second-order valence-electron chi connectivity index (χ2n) is 6.14. The molecule has 0 aromatic heterocycles. The molecular formula is C21H15NO2. The molecule has 1 atom stereocenters. The number of hydrogen-bond acceptors (Lipinski definition) is 3. The number of nitrogens with zero attached hydrogens (tertiary/aromatic N) is 1. The Kier molecular flexibility index (Phi) is 3.32. The predicted molar refractivity (Wildman–Crippen MR) is 92.0 cm³/mol. The molecule has 1 aliphatic heterocycles. The zero-order valence-corrected chi connectivity index (χ0v) is 13.0. The van der Waals surface area contributed by atoms with Crippen LogP contribution in [0.5, 0.6) is 5.75 Å². The molecule has 0 fully saturated rings. The summed E-state index contributed by atoms with van der Waals surface area (Å²) in [5.74, 6) is 0.442. The summed E-state index contributed by atoms with van der Waals surface area (Å²) in [6, 6.07) is 23.3. The van der Waals surface area contributed by atoms with Crippen LogP contribution in [-0.2, 0) is 6.42 Å². The molecule has 0 unspecified atom stereocenters. The minimum absolute atomic E-state index is 0.0816. The minimum Gasteiger partial charge on any atom is -0.490 e. The Morgan fingerprint density at radius 1 is 1.00 bits per heavy atom. The quantitative estimate of drug-likeness (QED) is 0.713. The largest absolute Gasteiger partial charge is 0.490 e. The highest BCUT2D eigenvalue weighted by Crippen LogP contribution is 2.40. The van der Waals surface area contributed by atoms with Crippen LogP contribution in [0.25, 0.3) is 10.8 Å². The number of carbonyl (C=O) groups is 1. The second kappa shape index (κ2) is 5.50. The first-order valence-corrected chi connectivity index (χ1v) is 7.88. The van der Waals surface area contributed by atoms with Crippen molar-refractivity contribution >= 4 is 16.6 Å². The van der Waals surface area contributed by atoms with Crippen molar-refractivity contribution in [2.75, 3.05) is 6.61 Å². The van der Waals surface area contributed by atoms with Crippen LogP contribution in [-0.4, -0.2) is 12.4 Å². The summed E-state index contributed by atoms with van der Waals surface area (Å²) in [5, 5.41) is 11.7. The van der Waals surface area contributed by atoms with E-state index < -0.39 is 5.41 Å². The van der Waals surface area contributed by atoms with E-state index in [1.807, 2.05) is 60.7 Å². The van der Waals surface area contributed by atoms with Crippen LogP contribution in [0, 0.1) is 16.7 Å². The van der Waals surface area contributed by atoms with Gasteiger partial charge in [0.05, 0.1) is 11.6 Å². The van der Waals surface area contributed by atoms with Crippen molar-refractivity contribution < 1.29 is 9.53 Å². The molecule has 0 aliphatic carbocycles. The molecule has 1 heterocycles. The Balaban J connectivity index is 1.81. The summed E-state index contributed by atoms with van der Waals surface area (Å²) < 4.78 is 5.94. The van der Waals surface area contributed by atoms with Crippen LogP contribution < -0.4 is 4.74 Å². The first kappa shape index (κ1) is 14.5. The molecule has 0 amide bonds. The molecule has 0 saturated heterocycles. The summed E-state index contributed by atoms with van der Waals surface area (Å²) >= 11 is 0. The van der Waals surface area contributed by atoms with Crippen molar-refractivity contribution in [1.82, 2.24) is 0 Å². The van der Waals surface area contributed by atoms with Gasteiger partial charge in [0.25, 0.3) is 0 Å². The number of ether oxygens (including phenoxy) is 1. The number of hydrogen-bond donors (Lipinski definition) is 0. The average molecular weight is 313 g/mol. The normalized spacial score (nSPS) is 19.4. The molecule has 3 aromatic rings. The Morgan fingerprint density at radius 2 is 1.75 bits per heavy atom. The number of carbonyl (C=O) groups excluding carboxylic acids is 1. The molecule has 0 N–H and O–H groups in total. The molecule has 3 nitrogen and oxygen atoms in total. The van der Waals surface area contributed by atoms with Crippen LogP contribution in [0.4, 0.5) is 0 Å². The maximum absolute atomic E-state index is 13.1. The van der Waals surface area contributed by atoms with Gasteiger partial charge < -0.3 is 4.74 Å². The third-order valence-corrected chi connectivity index (χ3v) is 4.58. The van der Waals surface area contributed by atoms with Gasteiger partial charge in [-0.25, -0.2) is 0 Å². The van der Waals surface area contributed by atoms with Gasteiger partial charge in [0.15, 0.2) is 11.2 Å². The third-order valence-electron chi connectivity index (χ3n) is 4.58. The molecule has 1 aliphatic rings. The molecule has 4 rings (SSSR count). The number of ketones is 1. The molecule has 0 spiro atoms. The monoisotopic (exact) mass is 313 g/mol. The fourth-order valence-electron chi connectivity index (χ4n) is 3.29. The van der Waals surface area contributed by atoms with Gasteiger partial charge in [0.2, 0.25) is 0 Å². The highest BCUT2D eigenvalue weighted by atomic mass is 16.5. The van der Waals surface area contributed by atoms with E-state index in [-0.39, 0.29) is 12.4 Å². The third kappa shape index (κ3) is 2.16. The van der Waals surface area contributed by atoms with Crippen molar-refractivity contribution in [3.05, 3.63) is 77.9 Å². The van der Waals surface area contributed by atoms with Gasteiger partial charge >= 0.3 is 0 Å². The Bertz CT molecular complexity index is 972. The Morgan fingerprint density at radius 3 is 2.54 bits per heavy atom. The van der Waals surface area contributed by atoms with E-state index in [4.69, 9.17) is 4.74 Å². The lowest BCUT2D eigenvalue weighted by Gasteiger charge is -2.31. The highest BCUT2D eigenvalue weighted by molar-refractivity contribution is 6.10. The van der Waals surface area contributed by atoms with E-state index in [0.717, 1.165) is 16.3 Å². The molecule has 0 saturated carbocycles. The maximum atomic E-state index is 13.1. The predicted octanol–water partition coefficient (Wildman–Crippen LogP) is 4.17. The molecule has 24 heavy (non-hydrogen) atoms. The SMILES string of the molecule is N#C[C@@]1(Cc2ccccc2)COc2c(ccc3ccccc23)C1=O. The van der Waals surface area contributed by atoms with Gasteiger partial charge in [-0.05, 0) is 17.0 Å². The van der Waals surface area contributed by atoms with Crippen LogP contribution in [0.2, 0.25) is 0 Å². The van der Waals surface area contributed by atoms with Gasteiger partial charge in [0, 0.05) is 11.8 Å². The zero-order valence-electron chi connectivity index (χ0n) is 13.0. The lowest BCUT2D eigenvalue weighted by molar-refractivity contribution is 0.0730. The summed E-state index contributed by atoms with van der Waals surface area (Å²) in [7, 11) is 0. The standard InChI is InChI=1S/C21H15NO2/c22-13-21(12-15-6-2-1-3-7-15)14-24-19-17-9-5-4-8-16(17)10-11-18(19)20(21)23/h1-11H,12,14H2/t21-/m0/s1. The lowest BCUT2D eigenvalue weighted by atomic mass is 9.75. The van der Waals surface area contributed by atoms with Gasteiger partial charge in [-0.15, -0.1) is 0 Å². The van der Waals surface area contributed by atoms with E-state index in [0.29, 0.717) is 17.7 Å². The van der Waals surface area contributed by atoms with E-state index >= 15 is 0 Å². The highest BCUT2D eigenvalue weighted by Gasteiger charge is 2.45. The van der Waals surface area contributed by atoms with Crippen molar-refractivity contribution in [3.8, 4) is 11.8 Å². The minimum atomic E-state index is -1.17. The molecule has 116 valence electrons. The van der Waals surface area contributed by atoms with E-state index in [2.05, 4.69) is 6.07 Å². The molecule has 3 aromatic carbocycles. The molecular weight excluding hydrogens is 298 g/mol. The van der Waals surface area contributed by atoms with Crippen LogP contribution in [0.3, 0.4) is 0 Å². The fourth-order valence-corrected chi connectivity index (χ4v) is 3.29. The second-order valence-corrected chi connectivity index (χ2v) is 6.14. The van der Waals surface area contributed by atoms with Gasteiger partial charge in [-0.2, -0.15) is 5.26 Å². The lowest BCUT2D eigenvalue weighted by Crippen LogP contribution is -2.41. The Labute approximate surface area is 140 Å². The number of Topliss-reactive ketones (excluding diaryl/α,β-unsaturated/α-hetero) is 1. The first-order chi connectivity index (χ1) is 11.7. The van der Waals surface area contributed by atoms with E-state index in [1.165, 1.54) is 0 Å². The van der Waals surface area contributed by atoms with Gasteiger partial charge in [-0.3, -0.25) is 4.79 Å². The molecule has 0 bridgehead atoms. The molecule has 3 heteroatoms. The average Bonchev–Trinajstić information content (AvgIpc) is 2.64. The van der Waals surface area contributed by atoms with Crippen molar-refractivity contribution in [2.45, 2.75) is 6.42 Å². The summed E-state index contributed by atoms with van der Waals surface area (Å²) in [5.41, 5.74) is 0.286. The summed E-state index contributed by atoms with van der Waals surface area (Å²) in [6.45, 7) is 0.0816. The fraction of sp³-hybridized carbons (Fsp3) is 0.143. The first-order valence-electron chi connectivity index (χ1n) is 7.88. The van der Waals surface area contributed by atoms with Crippen LogP contribution in [0.15, 0.2) is 66.7 Å². The van der Waals surface area contributed by atoms with Crippen molar-refractivity contribution in [2.24, 2.45) is 5.41 Å². The van der Waals surface area contributed by atoms with Crippen LogP contribution >= 0.6 is 0 Å². The van der Waals surface area contributed by atoms with Gasteiger partial charge in [0.1, 0.15) is 12.4 Å². The molecule has 0 radical (unpaired) electrons. The number of rotatable bonds is 2. The topological polar surface area (TPSA) is 50.1 Å². The van der Waals surface area contributed by atoms with E-state index in [9.17, 15) is 10.1 Å². The van der Waals surface area contributed by atoms with E-state index in [1.54, 1.807) is 6.07 Å². The summed E-state index contributed by atoms with van der Waals surface area (Å²) in [6.07, 6.45) is 0.357. The summed E-state index contributed by atoms with van der Waals surface area (Å²) in [4.78, 5) is 13.1. The smallest absolute Gasteiger partial charge is 0.190 e. The number of fused-ring (bicyclic) bond motifs is 3. The van der Waals surface area contributed by atoms with Gasteiger partial charge in [-0.1, -0.05) is 60.7 Å². The Hall–Kier alpha value is -3.12. The maximum Gasteiger partial charge on any atom is 0.190 e. The van der Waals surface area contributed by atoms with Crippen molar-refractivity contribution in [1.29, 1.82) is 5.26 Å². The van der Waals surface area contributed by atoms with Crippen LogP contribution in [0.1, 0.15) is 15.9 Å².